The molecular weight excluding hydrogens is 247 g/mol. The van der Waals surface area contributed by atoms with Crippen LogP contribution in [0.4, 0.5) is 13.2 Å². The van der Waals surface area contributed by atoms with Crippen LogP contribution in [0.1, 0.15) is 22.8 Å². The van der Waals surface area contributed by atoms with Crippen molar-refractivity contribution in [2.24, 2.45) is 0 Å². The second-order valence-corrected chi connectivity index (χ2v) is 3.11. The first-order valence-corrected chi connectivity index (χ1v) is 4.35. The summed E-state index contributed by atoms with van der Waals surface area (Å²) in [6.45, 7) is 0.964. The Bertz CT molecular complexity index is 465. The highest BCUT2D eigenvalue weighted by Gasteiger charge is 2.32. The summed E-state index contributed by atoms with van der Waals surface area (Å²) in [5.41, 5.74) is -1.59. The Morgan fingerprint density at radius 1 is 1.29 bits per heavy atom. The van der Waals surface area contributed by atoms with Gasteiger partial charge in [-0.3, -0.25) is 4.79 Å². The van der Waals surface area contributed by atoms with Crippen LogP contribution in [0.15, 0.2) is 18.2 Å². The van der Waals surface area contributed by atoms with Crippen molar-refractivity contribution in [3.8, 4) is 5.75 Å². The Morgan fingerprint density at radius 2 is 1.88 bits per heavy atom. The van der Waals surface area contributed by atoms with Gasteiger partial charge in [0.1, 0.15) is 11.3 Å². The van der Waals surface area contributed by atoms with Gasteiger partial charge in [-0.1, -0.05) is 0 Å². The molecule has 0 unspecified atom stereocenters. The molecule has 0 amide bonds. The van der Waals surface area contributed by atoms with Gasteiger partial charge < -0.3 is 9.84 Å². The van der Waals surface area contributed by atoms with E-state index < -0.39 is 35.0 Å². The molecule has 0 aromatic heterocycles. The van der Waals surface area contributed by atoms with Gasteiger partial charge in [-0.15, -0.1) is 0 Å². The van der Waals surface area contributed by atoms with Crippen LogP contribution in [0.2, 0.25) is 0 Å². The molecule has 0 spiro atoms. The average molecular weight is 254 g/mol. The first-order chi connectivity index (χ1) is 7.71. The van der Waals surface area contributed by atoms with Crippen LogP contribution in [0, 0.1) is 0 Å². The van der Waals surface area contributed by atoms with Crippen LogP contribution >= 0.6 is 0 Å². The Labute approximate surface area is 93.6 Å². The van der Waals surface area contributed by atoms with E-state index in [0.717, 1.165) is 13.0 Å². The van der Waals surface area contributed by atoms with Crippen LogP contribution < -0.4 is 4.74 Å². The first-order valence-electron chi connectivity index (χ1n) is 4.35. The Kier molecular flexibility index (Phi) is 3.40. The van der Waals surface area contributed by atoms with Gasteiger partial charge in [0.2, 0.25) is 0 Å². The van der Waals surface area contributed by atoms with Crippen molar-refractivity contribution in [2.75, 3.05) is 0 Å². The Balaban J connectivity index is 3.29. The van der Waals surface area contributed by atoms with Gasteiger partial charge in [-0.25, -0.2) is 4.79 Å². The third-order valence-electron chi connectivity index (χ3n) is 1.79. The number of benzene rings is 1. The van der Waals surface area contributed by atoms with Crippen molar-refractivity contribution >= 4 is 11.9 Å². The number of carbonyl (C=O) groups excluding carboxylic acids is 1. The van der Waals surface area contributed by atoms with Crippen molar-refractivity contribution in [1.29, 1.82) is 0 Å². The van der Waals surface area contributed by atoms with Gasteiger partial charge in [0.05, 0.1) is 5.56 Å². The van der Waals surface area contributed by atoms with E-state index >= 15 is 0 Å². The van der Waals surface area contributed by atoms with Gasteiger partial charge in [0.25, 0.3) is 0 Å². The molecule has 1 N–H and O–H groups in total. The summed E-state index contributed by atoms with van der Waals surface area (Å²) in [5, 5.41) is 8.70. The average Bonchev–Trinajstić information content (AvgIpc) is 2.14. The fourth-order valence-corrected chi connectivity index (χ4v) is 1.11. The molecule has 1 rings (SSSR count). The van der Waals surface area contributed by atoms with Gasteiger partial charge in [0.15, 0.2) is 0 Å². The molecule has 92 valence electrons. The summed E-state index contributed by atoms with van der Waals surface area (Å²) in [6.07, 6.45) is -4.63. The molecule has 1 aromatic rings. The number of alkyl halides is 3. The number of aromatic carboxylic acids is 1. The predicted octanol–water partition coefficient (Wildman–Crippen LogP) is 2.33. The van der Waals surface area contributed by atoms with Crippen molar-refractivity contribution in [1.82, 2.24) is 0 Å². The predicted molar refractivity (Wildman–Crippen MR) is 49.7 cm³/mol. The fraction of sp³-hybridized carbons (Fsp3) is 0.200. The summed E-state index contributed by atoms with van der Waals surface area (Å²) in [7, 11) is 0. The second-order valence-electron chi connectivity index (χ2n) is 3.11. The molecule has 0 radical (unpaired) electrons. The molecule has 7 heteroatoms. The lowest BCUT2D eigenvalue weighted by Gasteiger charge is -2.10. The van der Waals surface area contributed by atoms with Gasteiger partial charge in [0, 0.05) is 6.92 Å². The molecular formula is C10H7F3O4. The number of esters is 1. The second kappa shape index (κ2) is 4.44. The van der Waals surface area contributed by atoms with Crippen LogP contribution in [-0.2, 0) is 11.0 Å². The highest BCUT2D eigenvalue weighted by atomic mass is 19.4. The summed E-state index contributed by atoms with van der Waals surface area (Å²) in [4.78, 5) is 21.3. The van der Waals surface area contributed by atoms with Crippen LogP contribution in [-0.4, -0.2) is 17.0 Å². The standard InChI is InChI=1S/C10H7F3O4/c1-5(14)17-8-4-6(10(11,12)13)2-3-7(8)9(15)16/h2-4H,1H3,(H,15,16)/i2+1,3+1,4+1,6+1,7+1,8+1. The lowest BCUT2D eigenvalue weighted by molar-refractivity contribution is -0.138. The summed E-state index contributed by atoms with van der Waals surface area (Å²) in [5.74, 6) is -3.00. The summed E-state index contributed by atoms with van der Waals surface area (Å²) in [6, 6.07) is 1.82. The third-order valence-corrected chi connectivity index (χ3v) is 1.79. The first kappa shape index (κ1) is 13.0. The maximum absolute atomic E-state index is 12.4. The van der Waals surface area contributed by atoms with E-state index in [2.05, 4.69) is 4.74 Å². The maximum atomic E-state index is 12.4. The number of carbonyl (C=O) groups is 2. The number of ether oxygens (including phenoxy) is 1. The highest BCUT2D eigenvalue weighted by Crippen LogP contribution is 2.33. The SMILES string of the molecule is CC(=O)O[13c]1[13cH][13c](C(F)(F)F)[13cH][13cH][13c]1C(=O)O. The molecule has 0 heterocycles. The molecule has 0 bridgehead atoms. The molecule has 4 nitrogen and oxygen atoms in total. The maximum Gasteiger partial charge on any atom is 0.416 e. The van der Waals surface area contributed by atoms with Crippen molar-refractivity contribution in [3.05, 3.63) is 29.3 Å². The lowest BCUT2D eigenvalue weighted by atomic mass is 10.8. The normalized spacial score (nSPS) is 11.1. The lowest BCUT2D eigenvalue weighted by Crippen LogP contribution is -2.11. The Hall–Kier alpha value is -2.05. The molecule has 0 fully saturated rings. The molecule has 0 saturated heterocycles. The smallest absolute Gasteiger partial charge is 0.416 e. The summed E-state index contributed by atoms with van der Waals surface area (Å²) < 4.78 is 41.5. The number of halogens is 3. The quantitative estimate of drug-likeness (QED) is 0.649. The number of carboxylic acids is 1. The van der Waals surface area contributed by atoms with Crippen molar-refractivity contribution in [3.63, 3.8) is 0 Å². The number of hydrogen-bond acceptors (Lipinski definition) is 3. The van der Waals surface area contributed by atoms with E-state index in [1.165, 1.54) is 0 Å². The van der Waals surface area contributed by atoms with Gasteiger partial charge in [-0.05, 0) is 18.2 Å². The highest BCUT2D eigenvalue weighted by molar-refractivity contribution is 5.92. The Morgan fingerprint density at radius 3 is 2.29 bits per heavy atom. The number of carboxylic acid groups (broad SMARTS) is 1. The van der Waals surface area contributed by atoms with Crippen molar-refractivity contribution < 1.29 is 32.6 Å². The monoisotopic (exact) mass is 254 g/mol. The fourth-order valence-electron chi connectivity index (χ4n) is 1.11. The van der Waals surface area contributed by atoms with Crippen LogP contribution in [0.25, 0.3) is 0 Å². The molecule has 0 saturated carbocycles. The molecule has 0 aliphatic carbocycles. The molecule has 0 aliphatic heterocycles. The van der Waals surface area contributed by atoms with Crippen molar-refractivity contribution in [2.45, 2.75) is 13.1 Å². The molecule has 17 heavy (non-hydrogen) atoms. The minimum absolute atomic E-state index is 0.477. The van der Waals surface area contributed by atoms with E-state index in [4.69, 9.17) is 5.11 Å². The van der Waals surface area contributed by atoms with E-state index in [0.29, 0.717) is 12.1 Å². The number of rotatable bonds is 2. The van der Waals surface area contributed by atoms with E-state index in [-0.39, 0.29) is 0 Å². The zero-order chi connectivity index (χ0) is 13.2. The van der Waals surface area contributed by atoms with Gasteiger partial charge in [-0.2, -0.15) is 13.2 Å². The largest absolute Gasteiger partial charge is 0.478 e. The minimum Gasteiger partial charge on any atom is -0.478 e. The van der Waals surface area contributed by atoms with E-state index in [1.54, 1.807) is 0 Å². The van der Waals surface area contributed by atoms with E-state index in [9.17, 15) is 22.8 Å². The molecule has 0 aliphatic rings. The number of hydrogen-bond donors (Lipinski definition) is 1. The summed E-state index contributed by atoms with van der Waals surface area (Å²) >= 11 is 0. The molecule has 1 aromatic carbocycles. The van der Waals surface area contributed by atoms with Gasteiger partial charge >= 0.3 is 18.1 Å². The van der Waals surface area contributed by atoms with Crippen LogP contribution in [0.5, 0.6) is 5.75 Å². The van der Waals surface area contributed by atoms with Crippen LogP contribution in [0.3, 0.4) is 0 Å². The zero-order valence-corrected chi connectivity index (χ0v) is 8.54. The topological polar surface area (TPSA) is 63.6 Å². The molecule has 0 atom stereocenters. The minimum atomic E-state index is -4.63. The van der Waals surface area contributed by atoms with E-state index in [1.807, 2.05) is 0 Å². The zero-order valence-electron chi connectivity index (χ0n) is 8.54. The third kappa shape index (κ3) is 3.20.